The molecule has 0 amide bonds. The number of morpholine rings is 1. The summed E-state index contributed by atoms with van der Waals surface area (Å²) in [5.41, 5.74) is 9.75. The molecule has 0 spiro atoms. The Bertz CT molecular complexity index is 447. The predicted molar refractivity (Wildman–Crippen MR) is 70.6 cm³/mol. The third kappa shape index (κ3) is 3.55. The van der Waals surface area contributed by atoms with Gasteiger partial charge in [-0.2, -0.15) is 0 Å². The highest BCUT2D eigenvalue weighted by Crippen LogP contribution is 2.19. The van der Waals surface area contributed by atoms with E-state index in [4.69, 9.17) is 15.2 Å². The Kier molecular flexibility index (Phi) is 4.53. The molecule has 7 nitrogen and oxygen atoms in total. The Balaban J connectivity index is 2.15. The van der Waals surface area contributed by atoms with Crippen molar-refractivity contribution < 1.29 is 14.3 Å². The third-order valence-electron chi connectivity index (χ3n) is 2.71. The van der Waals surface area contributed by atoms with E-state index < -0.39 is 5.97 Å². The molecule has 7 heteroatoms. The number of ether oxygens (including phenoxy) is 2. The number of nitrogens with zero attached hydrogens (tertiary/aromatic N) is 2. The van der Waals surface area contributed by atoms with Gasteiger partial charge in [0.25, 0.3) is 0 Å². The molecule has 104 valence electrons. The second-order valence-corrected chi connectivity index (χ2v) is 4.09. The third-order valence-corrected chi connectivity index (χ3v) is 2.71. The number of nitrogens with two attached hydrogens (primary N) is 1. The lowest BCUT2D eigenvalue weighted by molar-refractivity contribution is 0.0488. The van der Waals surface area contributed by atoms with Crippen LogP contribution in [0.1, 0.15) is 17.3 Å². The fourth-order valence-corrected chi connectivity index (χ4v) is 1.78. The summed E-state index contributed by atoms with van der Waals surface area (Å²) in [4.78, 5) is 15.9. The average Bonchev–Trinajstić information content (AvgIpc) is 2.42. The zero-order valence-electron chi connectivity index (χ0n) is 10.9. The minimum absolute atomic E-state index is 0.288. The largest absolute Gasteiger partial charge is 0.462 e. The van der Waals surface area contributed by atoms with Crippen molar-refractivity contribution in [3.05, 3.63) is 17.8 Å². The summed E-state index contributed by atoms with van der Waals surface area (Å²) in [5.74, 6) is -0.122. The van der Waals surface area contributed by atoms with Crippen LogP contribution < -0.4 is 11.2 Å². The molecule has 0 radical (unpaired) electrons. The smallest absolute Gasteiger partial charge is 0.340 e. The summed E-state index contributed by atoms with van der Waals surface area (Å²) in [6.45, 7) is 4.88. The lowest BCUT2D eigenvalue weighted by Gasteiger charge is -2.28. The first-order chi connectivity index (χ1) is 9.20. The van der Waals surface area contributed by atoms with Crippen LogP contribution in [0.5, 0.6) is 0 Å². The first-order valence-corrected chi connectivity index (χ1v) is 6.22. The van der Waals surface area contributed by atoms with Crippen LogP contribution in [-0.4, -0.2) is 48.9 Å². The SMILES string of the molecule is CCOC(=O)c1cc(N)ncc1NN1CCOCC1. The molecule has 1 aromatic heterocycles. The van der Waals surface area contributed by atoms with Gasteiger partial charge in [-0.3, -0.25) is 0 Å². The standard InChI is InChI=1S/C12H18N4O3/c1-2-19-12(17)9-7-11(13)14-8-10(9)15-16-3-5-18-6-4-16/h7-8,15H,2-6H2,1H3,(H2,13,14). The summed E-state index contributed by atoms with van der Waals surface area (Å²) in [7, 11) is 0. The number of hydrogen-bond donors (Lipinski definition) is 2. The highest BCUT2D eigenvalue weighted by molar-refractivity contribution is 5.96. The van der Waals surface area contributed by atoms with Crippen LogP contribution >= 0.6 is 0 Å². The fraction of sp³-hybridized carbons (Fsp3) is 0.500. The minimum atomic E-state index is -0.410. The zero-order chi connectivity index (χ0) is 13.7. The number of pyridine rings is 1. The predicted octanol–water partition coefficient (Wildman–Crippen LogP) is 0.500. The van der Waals surface area contributed by atoms with E-state index in [9.17, 15) is 4.79 Å². The van der Waals surface area contributed by atoms with Crippen molar-refractivity contribution in [1.82, 2.24) is 9.99 Å². The summed E-state index contributed by atoms with van der Waals surface area (Å²) in [5, 5.41) is 1.97. The highest BCUT2D eigenvalue weighted by Gasteiger charge is 2.17. The van der Waals surface area contributed by atoms with Gasteiger partial charge in [0.2, 0.25) is 0 Å². The van der Waals surface area contributed by atoms with E-state index in [1.54, 1.807) is 6.92 Å². The second-order valence-electron chi connectivity index (χ2n) is 4.09. The Morgan fingerprint density at radius 1 is 1.58 bits per heavy atom. The molecular weight excluding hydrogens is 248 g/mol. The minimum Gasteiger partial charge on any atom is -0.462 e. The number of rotatable bonds is 4. The highest BCUT2D eigenvalue weighted by atomic mass is 16.5. The monoisotopic (exact) mass is 266 g/mol. The maximum Gasteiger partial charge on any atom is 0.340 e. The lowest BCUT2D eigenvalue weighted by atomic mass is 10.2. The van der Waals surface area contributed by atoms with Crippen molar-refractivity contribution in [3.63, 3.8) is 0 Å². The van der Waals surface area contributed by atoms with Gasteiger partial charge in [-0.05, 0) is 13.0 Å². The van der Waals surface area contributed by atoms with Crippen LogP contribution in [0.4, 0.5) is 11.5 Å². The molecule has 0 aromatic carbocycles. The molecule has 1 aliphatic rings. The lowest BCUT2D eigenvalue weighted by Crippen LogP contribution is -2.40. The molecule has 1 saturated heterocycles. The van der Waals surface area contributed by atoms with E-state index in [2.05, 4.69) is 10.4 Å². The number of anilines is 2. The van der Waals surface area contributed by atoms with Gasteiger partial charge in [0.05, 0.1) is 37.3 Å². The van der Waals surface area contributed by atoms with E-state index >= 15 is 0 Å². The normalized spacial score (nSPS) is 16.1. The number of nitrogen functional groups attached to an aromatic ring is 1. The average molecular weight is 266 g/mol. The van der Waals surface area contributed by atoms with E-state index in [1.807, 2.05) is 5.01 Å². The number of esters is 1. The van der Waals surface area contributed by atoms with Crippen LogP contribution in [0.3, 0.4) is 0 Å². The van der Waals surface area contributed by atoms with Crippen LogP contribution in [0, 0.1) is 0 Å². The second kappa shape index (κ2) is 6.35. The van der Waals surface area contributed by atoms with Crippen molar-refractivity contribution in [2.45, 2.75) is 6.92 Å². The molecule has 0 saturated carbocycles. The van der Waals surface area contributed by atoms with Crippen molar-refractivity contribution >= 4 is 17.5 Å². The number of nitrogens with one attached hydrogen (secondary N) is 1. The summed E-state index contributed by atoms with van der Waals surface area (Å²) in [6.07, 6.45) is 1.54. The van der Waals surface area contributed by atoms with Gasteiger partial charge >= 0.3 is 5.97 Å². The summed E-state index contributed by atoms with van der Waals surface area (Å²) >= 11 is 0. The van der Waals surface area contributed by atoms with Crippen LogP contribution in [0.25, 0.3) is 0 Å². The zero-order valence-corrected chi connectivity index (χ0v) is 10.9. The molecule has 2 rings (SSSR count). The molecule has 0 unspecified atom stereocenters. The van der Waals surface area contributed by atoms with Gasteiger partial charge in [-0.25, -0.2) is 14.8 Å². The maximum atomic E-state index is 11.9. The van der Waals surface area contributed by atoms with E-state index in [-0.39, 0.29) is 5.82 Å². The Labute approximate surface area is 111 Å². The number of aromatic nitrogens is 1. The van der Waals surface area contributed by atoms with E-state index in [1.165, 1.54) is 12.3 Å². The topological polar surface area (TPSA) is 89.7 Å². The van der Waals surface area contributed by atoms with Gasteiger partial charge in [-0.15, -0.1) is 0 Å². The first kappa shape index (κ1) is 13.6. The number of hydrazine groups is 1. The number of carbonyl (C=O) groups excluding carboxylic acids is 1. The first-order valence-electron chi connectivity index (χ1n) is 6.22. The van der Waals surface area contributed by atoms with Crippen LogP contribution in [0.15, 0.2) is 12.3 Å². The van der Waals surface area contributed by atoms with Gasteiger partial charge in [-0.1, -0.05) is 0 Å². The maximum absolute atomic E-state index is 11.9. The van der Waals surface area contributed by atoms with Crippen LogP contribution in [-0.2, 0) is 9.47 Å². The molecular formula is C12H18N4O3. The molecule has 19 heavy (non-hydrogen) atoms. The summed E-state index contributed by atoms with van der Waals surface area (Å²) < 4.78 is 10.3. The van der Waals surface area contributed by atoms with Gasteiger partial charge in [0.15, 0.2) is 0 Å². The molecule has 1 fully saturated rings. The number of carbonyl (C=O) groups is 1. The molecule has 0 aliphatic carbocycles. The Hall–Kier alpha value is -1.86. The van der Waals surface area contributed by atoms with E-state index in [0.717, 1.165) is 13.1 Å². The van der Waals surface area contributed by atoms with Crippen molar-refractivity contribution in [3.8, 4) is 0 Å². The Morgan fingerprint density at radius 3 is 3.00 bits per heavy atom. The van der Waals surface area contributed by atoms with E-state index in [0.29, 0.717) is 31.1 Å². The van der Waals surface area contributed by atoms with Crippen molar-refractivity contribution in [2.24, 2.45) is 0 Å². The Morgan fingerprint density at radius 2 is 2.32 bits per heavy atom. The van der Waals surface area contributed by atoms with Crippen molar-refractivity contribution in [2.75, 3.05) is 44.1 Å². The molecule has 0 bridgehead atoms. The van der Waals surface area contributed by atoms with Crippen molar-refractivity contribution in [1.29, 1.82) is 0 Å². The molecule has 2 heterocycles. The molecule has 3 N–H and O–H groups in total. The summed E-state index contributed by atoms with van der Waals surface area (Å²) in [6, 6.07) is 1.51. The number of hydrogen-bond acceptors (Lipinski definition) is 7. The van der Waals surface area contributed by atoms with Gasteiger partial charge in [0, 0.05) is 13.1 Å². The molecule has 1 aromatic rings. The molecule has 1 aliphatic heterocycles. The quantitative estimate of drug-likeness (QED) is 0.767. The van der Waals surface area contributed by atoms with Gasteiger partial charge in [0.1, 0.15) is 5.82 Å². The van der Waals surface area contributed by atoms with Crippen LogP contribution in [0.2, 0.25) is 0 Å². The van der Waals surface area contributed by atoms with Gasteiger partial charge < -0.3 is 20.6 Å². The molecule has 0 atom stereocenters. The fourth-order valence-electron chi connectivity index (χ4n) is 1.78.